The number of ether oxygens (including phenoxy) is 1. The lowest BCUT2D eigenvalue weighted by molar-refractivity contribution is -0.141. The second kappa shape index (κ2) is 10.5. The van der Waals surface area contributed by atoms with E-state index in [0.717, 1.165) is 21.9 Å². The molecule has 0 saturated heterocycles. The van der Waals surface area contributed by atoms with Gasteiger partial charge in [0.15, 0.2) is 5.69 Å². The Hall–Kier alpha value is -5.53. The van der Waals surface area contributed by atoms with Gasteiger partial charge in [0.2, 0.25) is 5.82 Å². The zero-order chi connectivity index (χ0) is 29.4. The normalized spacial score (nSPS) is 11.7. The number of halogens is 3. The number of aromatic amines is 1. The highest BCUT2D eigenvalue weighted by atomic mass is 19.4. The number of carbonyl (C=O) groups is 1. The molecule has 0 saturated carbocycles. The fourth-order valence-corrected chi connectivity index (χ4v) is 4.70. The highest BCUT2D eigenvalue weighted by Crippen LogP contribution is 2.34. The third kappa shape index (κ3) is 4.93. The van der Waals surface area contributed by atoms with Gasteiger partial charge in [-0.05, 0) is 65.2 Å². The molecule has 0 fully saturated rings. The van der Waals surface area contributed by atoms with E-state index in [0.29, 0.717) is 46.3 Å². The topological polar surface area (TPSA) is 137 Å². The van der Waals surface area contributed by atoms with E-state index in [1.54, 1.807) is 34.9 Å². The van der Waals surface area contributed by atoms with Crippen LogP contribution >= 0.6 is 0 Å². The third-order valence-electron chi connectivity index (χ3n) is 6.57. The summed E-state index contributed by atoms with van der Waals surface area (Å²) in [6, 6.07) is 18.5. The summed E-state index contributed by atoms with van der Waals surface area (Å²) in [5.74, 6) is -0.766. The van der Waals surface area contributed by atoms with E-state index in [-0.39, 0.29) is 12.1 Å². The molecule has 212 valence electrons. The van der Waals surface area contributed by atoms with Crippen molar-refractivity contribution in [3.8, 4) is 34.2 Å². The van der Waals surface area contributed by atoms with Crippen LogP contribution in [0.5, 0.6) is 6.01 Å². The minimum absolute atomic E-state index is 0.108. The zero-order valence-corrected chi connectivity index (χ0v) is 21.9. The van der Waals surface area contributed by atoms with Crippen LogP contribution < -0.4 is 4.74 Å². The molecule has 0 amide bonds. The molecule has 0 unspecified atom stereocenters. The largest absolute Gasteiger partial charge is 0.478 e. The number of hydrogen-bond donors (Lipinski definition) is 2. The number of rotatable bonds is 8. The van der Waals surface area contributed by atoms with Crippen molar-refractivity contribution >= 4 is 17.0 Å². The van der Waals surface area contributed by atoms with Crippen LogP contribution in [0.3, 0.4) is 0 Å². The summed E-state index contributed by atoms with van der Waals surface area (Å²) in [7, 11) is 0. The van der Waals surface area contributed by atoms with Crippen LogP contribution in [0.15, 0.2) is 72.9 Å². The van der Waals surface area contributed by atoms with E-state index >= 15 is 0 Å². The van der Waals surface area contributed by atoms with Crippen molar-refractivity contribution in [1.82, 2.24) is 40.0 Å². The van der Waals surface area contributed by atoms with E-state index in [2.05, 4.69) is 30.7 Å². The molecule has 2 N–H and O–H groups in total. The summed E-state index contributed by atoms with van der Waals surface area (Å²) in [4.78, 5) is 16.4. The maximum Gasteiger partial charge on any atom is 0.435 e. The highest BCUT2D eigenvalue weighted by Gasteiger charge is 2.33. The minimum atomic E-state index is -4.57. The SMILES string of the molecule is CCOc1nc2cccc(C(=O)O)c2n1Cc1ccc(-c2cc(-n3ccc(C(F)(F)F)n3)ccc2-c2nn[nH]n2)cc1. The van der Waals surface area contributed by atoms with Crippen molar-refractivity contribution in [3.05, 3.63) is 89.7 Å². The van der Waals surface area contributed by atoms with Crippen LogP contribution in [-0.4, -0.2) is 57.6 Å². The zero-order valence-electron chi connectivity index (χ0n) is 21.9. The van der Waals surface area contributed by atoms with Crippen LogP contribution in [0.2, 0.25) is 0 Å². The lowest BCUT2D eigenvalue weighted by atomic mass is 9.97. The quantitative estimate of drug-likeness (QED) is 0.252. The lowest BCUT2D eigenvalue weighted by Crippen LogP contribution is -2.08. The smallest absolute Gasteiger partial charge is 0.435 e. The number of hydrogen-bond acceptors (Lipinski definition) is 7. The van der Waals surface area contributed by atoms with E-state index in [4.69, 9.17) is 4.74 Å². The van der Waals surface area contributed by atoms with E-state index < -0.39 is 17.8 Å². The molecule has 0 bridgehead atoms. The van der Waals surface area contributed by atoms with Gasteiger partial charge in [-0.25, -0.2) is 9.48 Å². The average molecular weight is 575 g/mol. The summed E-state index contributed by atoms with van der Waals surface area (Å²) < 4.78 is 48.1. The van der Waals surface area contributed by atoms with Gasteiger partial charge in [0.05, 0.1) is 35.4 Å². The molecule has 0 atom stereocenters. The standard InChI is InChI=1S/C28H21F3N8O3/c1-2-42-27-32-22-5-3-4-20(26(40)41)24(22)38(27)15-16-6-8-17(9-7-16)21-14-18(10-11-19(21)25-33-36-37-34-25)39-13-12-23(35-39)28(29,30)31/h3-14H,2,15H2,1H3,(H,40,41)(H,33,34,36,37). The van der Waals surface area contributed by atoms with Crippen molar-refractivity contribution in [3.63, 3.8) is 0 Å². The molecular formula is C28H21F3N8O3. The van der Waals surface area contributed by atoms with Gasteiger partial charge in [-0.3, -0.25) is 4.57 Å². The van der Waals surface area contributed by atoms with Crippen molar-refractivity contribution in [2.75, 3.05) is 6.61 Å². The summed E-state index contributed by atoms with van der Waals surface area (Å²) in [5.41, 5.74) is 3.27. The molecule has 3 heterocycles. The highest BCUT2D eigenvalue weighted by molar-refractivity contribution is 6.01. The van der Waals surface area contributed by atoms with Gasteiger partial charge in [-0.1, -0.05) is 30.3 Å². The predicted molar refractivity (Wildman–Crippen MR) is 144 cm³/mol. The van der Waals surface area contributed by atoms with Crippen LogP contribution in [0.1, 0.15) is 28.5 Å². The predicted octanol–water partition coefficient (Wildman–Crippen LogP) is 5.23. The van der Waals surface area contributed by atoms with E-state index in [1.807, 2.05) is 31.2 Å². The van der Waals surface area contributed by atoms with E-state index in [9.17, 15) is 23.1 Å². The number of para-hydroxylation sites is 1. The first-order valence-corrected chi connectivity index (χ1v) is 12.7. The number of aromatic nitrogens is 8. The van der Waals surface area contributed by atoms with Crippen LogP contribution in [0.25, 0.3) is 39.2 Å². The number of benzene rings is 3. The molecule has 6 aromatic rings. The fourth-order valence-electron chi connectivity index (χ4n) is 4.70. The molecule has 0 spiro atoms. The average Bonchev–Trinajstić information content (AvgIpc) is 3.74. The first-order chi connectivity index (χ1) is 20.2. The minimum Gasteiger partial charge on any atom is -0.478 e. The second-order valence-electron chi connectivity index (χ2n) is 9.20. The number of alkyl halides is 3. The van der Waals surface area contributed by atoms with E-state index in [1.165, 1.54) is 12.3 Å². The molecule has 0 aliphatic rings. The maximum atomic E-state index is 13.2. The number of fused-ring (bicyclic) bond motifs is 1. The Morgan fingerprint density at radius 2 is 1.86 bits per heavy atom. The van der Waals surface area contributed by atoms with Gasteiger partial charge >= 0.3 is 12.1 Å². The van der Waals surface area contributed by atoms with Gasteiger partial charge in [0, 0.05) is 11.8 Å². The number of carboxylic acid groups (broad SMARTS) is 1. The van der Waals surface area contributed by atoms with Crippen molar-refractivity contribution in [2.24, 2.45) is 0 Å². The first kappa shape index (κ1) is 26.7. The third-order valence-corrected chi connectivity index (χ3v) is 6.57. The number of tetrazole rings is 1. The molecule has 14 heteroatoms. The Kier molecular flexibility index (Phi) is 6.65. The van der Waals surface area contributed by atoms with Crippen LogP contribution in [0, 0.1) is 0 Å². The molecule has 3 aromatic carbocycles. The van der Waals surface area contributed by atoms with Gasteiger partial charge in [-0.2, -0.15) is 28.5 Å². The summed E-state index contributed by atoms with van der Waals surface area (Å²) in [6.45, 7) is 2.45. The second-order valence-corrected chi connectivity index (χ2v) is 9.20. The monoisotopic (exact) mass is 574 g/mol. The van der Waals surface area contributed by atoms with Gasteiger partial charge in [0.25, 0.3) is 6.01 Å². The number of H-pyrrole nitrogens is 1. The molecule has 0 radical (unpaired) electrons. The Balaban J connectivity index is 1.39. The van der Waals surface area contributed by atoms with Crippen molar-refractivity contribution in [2.45, 2.75) is 19.6 Å². The van der Waals surface area contributed by atoms with Gasteiger partial charge in [-0.15, -0.1) is 10.2 Å². The molecule has 42 heavy (non-hydrogen) atoms. The van der Waals surface area contributed by atoms with Crippen molar-refractivity contribution < 1.29 is 27.8 Å². The van der Waals surface area contributed by atoms with Gasteiger partial charge < -0.3 is 9.84 Å². The molecule has 0 aliphatic carbocycles. The van der Waals surface area contributed by atoms with Crippen LogP contribution in [0.4, 0.5) is 13.2 Å². The molecule has 0 aliphatic heterocycles. The molecule has 6 rings (SSSR count). The number of imidazole rings is 1. The lowest BCUT2D eigenvalue weighted by Gasteiger charge is -2.13. The van der Waals surface area contributed by atoms with Crippen LogP contribution in [-0.2, 0) is 12.7 Å². The van der Waals surface area contributed by atoms with Gasteiger partial charge in [0.1, 0.15) is 0 Å². The number of nitrogens with zero attached hydrogens (tertiary/aromatic N) is 7. The first-order valence-electron chi connectivity index (χ1n) is 12.7. The summed E-state index contributed by atoms with van der Waals surface area (Å²) >= 11 is 0. The van der Waals surface area contributed by atoms with Crippen molar-refractivity contribution in [1.29, 1.82) is 0 Å². The molecule has 11 nitrogen and oxygen atoms in total. The summed E-state index contributed by atoms with van der Waals surface area (Å²) in [5, 5.41) is 27.6. The maximum absolute atomic E-state index is 13.2. The summed E-state index contributed by atoms with van der Waals surface area (Å²) in [6.07, 6.45) is -3.32. The number of carboxylic acids is 1. The molecular weight excluding hydrogens is 553 g/mol. The number of aromatic carboxylic acids is 1. The Morgan fingerprint density at radius 3 is 2.52 bits per heavy atom. The Morgan fingerprint density at radius 1 is 1.05 bits per heavy atom. The Labute approximate surface area is 235 Å². The number of nitrogens with one attached hydrogen (secondary N) is 1. The fraction of sp³-hybridized carbons (Fsp3) is 0.143. The molecule has 3 aromatic heterocycles. The Bertz CT molecular complexity index is 1890.